The maximum absolute atomic E-state index is 9.22. The van der Waals surface area contributed by atoms with Crippen LogP contribution in [0.5, 0.6) is 0 Å². The molecule has 0 spiro atoms. The molecule has 0 aromatic carbocycles. The van der Waals surface area contributed by atoms with Crippen LogP contribution in [-0.2, 0) is 0 Å². The first kappa shape index (κ1) is 21.0. The zero-order valence-electron chi connectivity index (χ0n) is 17.1. The Bertz CT molecular complexity index is 1000. The van der Waals surface area contributed by atoms with Gasteiger partial charge in [-0.1, -0.05) is 25.3 Å². The molecule has 0 fully saturated rings. The van der Waals surface area contributed by atoms with Gasteiger partial charge in [0, 0.05) is 37.2 Å². The number of rotatable bonds is 4. The Morgan fingerprint density at radius 2 is 2.13 bits per heavy atom. The van der Waals surface area contributed by atoms with Crippen LogP contribution in [-0.4, -0.2) is 52.2 Å². The quantitative estimate of drug-likeness (QED) is 0.849. The highest BCUT2D eigenvalue weighted by molar-refractivity contribution is 6.09. The van der Waals surface area contributed by atoms with E-state index in [0.29, 0.717) is 35.3 Å². The van der Waals surface area contributed by atoms with Gasteiger partial charge in [-0.3, -0.25) is 4.98 Å². The minimum absolute atomic E-state index is 0.485. The first-order valence-electron chi connectivity index (χ1n) is 9.69. The molecule has 7 heteroatoms. The first-order chi connectivity index (χ1) is 14.6. The molecular weight excluding hydrogens is 374 g/mol. The fourth-order valence-electron chi connectivity index (χ4n) is 3.04. The minimum Gasteiger partial charge on any atom is -0.327 e. The van der Waals surface area contributed by atoms with Crippen molar-refractivity contribution in [3.63, 3.8) is 0 Å². The van der Waals surface area contributed by atoms with Crippen molar-refractivity contribution in [3.05, 3.63) is 90.9 Å². The lowest BCUT2D eigenvalue weighted by atomic mass is 10.1. The van der Waals surface area contributed by atoms with E-state index in [1.807, 2.05) is 29.2 Å². The van der Waals surface area contributed by atoms with Crippen LogP contribution in [0.1, 0.15) is 17.5 Å². The Labute approximate surface area is 177 Å². The molecule has 1 N–H and O–H groups in total. The number of hydrogen-bond donors (Lipinski definition) is 1. The van der Waals surface area contributed by atoms with E-state index < -0.39 is 0 Å². The largest absolute Gasteiger partial charge is 0.327 e. The monoisotopic (exact) mass is 399 g/mol. The number of anilines is 1. The lowest BCUT2D eigenvalue weighted by molar-refractivity contribution is 0.330. The minimum atomic E-state index is 0.485. The van der Waals surface area contributed by atoms with Gasteiger partial charge in [-0.25, -0.2) is 9.98 Å². The predicted molar refractivity (Wildman–Crippen MR) is 120 cm³/mol. The molecule has 2 aromatic rings. The molecule has 30 heavy (non-hydrogen) atoms. The fourth-order valence-corrected chi connectivity index (χ4v) is 3.04. The van der Waals surface area contributed by atoms with Crippen LogP contribution >= 0.6 is 0 Å². The number of pyridine rings is 2. The lowest BCUT2D eigenvalue weighted by Crippen LogP contribution is -2.29. The number of aromatic nitrogens is 2. The number of nitriles is 1. The molecule has 3 heterocycles. The van der Waals surface area contributed by atoms with Gasteiger partial charge in [0.2, 0.25) is 0 Å². The van der Waals surface area contributed by atoms with E-state index in [9.17, 15) is 5.26 Å². The third-order valence-corrected chi connectivity index (χ3v) is 4.60. The number of hydrogen-bond acceptors (Lipinski definition) is 7. The molecule has 0 unspecified atom stereocenters. The SMILES string of the molecule is C=C1N=C(c2cncc(C#N)c2)/C=C\CN(C)CCCN1C(=C)Nc1ccccn1. The smallest absolute Gasteiger partial charge is 0.131 e. The van der Waals surface area contributed by atoms with E-state index in [-0.39, 0.29) is 0 Å². The molecule has 7 nitrogen and oxygen atoms in total. The van der Waals surface area contributed by atoms with Gasteiger partial charge in [0.15, 0.2) is 0 Å². The van der Waals surface area contributed by atoms with E-state index in [1.54, 1.807) is 18.5 Å². The molecule has 0 amide bonds. The average molecular weight is 400 g/mol. The van der Waals surface area contributed by atoms with Gasteiger partial charge in [0.1, 0.15) is 23.5 Å². The van der Waals surface area contributed by atoms with E-state index in [0.717, 1.165) is 25.1 Å². The summed E-state index contributed by atoms with van der Waals surface area (Å²) in [6.07, 6.45) is 9.88. The molecule has 0 saturated heterocycles. The highest BCUT2D eigenvalue weighted by atomic mass is 15.3. The maximum atomic E-state index is 9.22. The molecule has 0 saturated carbocycles. The Kier molecular flexibility index (Phi) is 7.09. The van der Waals surface area contributed by atoms with Crippen LogP contribution in [0.4, 0.5) is 5.82 Å². The fraction of sp³-hybridized carbons (Fsp3) is 0.217. The standard InChI is InChI=1S/C23H25N7/c1-18-27-22(21-14-20(15-24)16-25-17-21)8-6-11-29(3)12-7-13-30(18)19(2)28-23-9-4-5-10-26-23/h4-6,8-10,14,16-17H,1-2,7,11-13H2,3H3,(H,26,28)/b8-6-,27-22?. The van der Waals surface area contributed by atoms with E-state index in [4.69, 9.17) is 4.99 Å². The van der Waals surface area contributed by atoms with Gasteiger partial charge in [-0.15, -0.1) is 0 Å². The molecular formula is C23H25N7. The third-order valence-electron chi connectivity index (χ3n) is 4.60. The van der Waals surface area contributed by atoms with Gasteiger partial charge in [0.05, 0.1) is 11.3 Å². The Hall–Kier alpha value is -3.76. The second-order valence-corrected chi connectivity index (χ2v) is 6.94. The van der Waals surface area contributed by atoms with Crippen molar-refractivity contribution < 1.29 is 0 Å². The number of nitrogens with zero attached hydrogens (tertiary/aromatic N) is 6. The van der Waals surface area contributed by atoms with E-state index in [2.05, 4.69) is 52.5 Å². The molecule has 1 aliphatic heterocycles. The van der Waals surface area contributed by atoms with E-state index in [1.165, 1.54) is 6.20 Å². The third kappa shape index (κ3) is 5.63. The van der Waals surface area contributed by atoms with Gasteiger partial charge in [-0.2, -0.15) is 5.26 Å². The zero-order valence-corrected chi connectivity index (χ0v) is 17.1. The topological polar surface area (TPSA) is 80.4 Å². The van der Waals surface area contributed by atoms with Crippen LogP contribution < -0.4 is 5.32 Å². The highest BCUT2D eigenvalue weighted by Gasteiger charge is 2.14. The first-order valence-corrected chi connectivity index (χ1v) is 9.69. The number of aliphatic imine (C=N–C) groups is 1. The molecule has 1 aliphatic rings. The number of nitrogens with one attached hydrogen (secondary N) is 1. The molecule has 152 valence electrons. The van der Waals surface area contributed by atoms with Crippen molar-refractivity contribution >= 4 is 11.5 Å². The van der Waals surface area contributed by atoms with Gasteiger partial charge in [0.25, 0.3) is 0 Å². The summed E-state index contributed by atoms with van der Waals surface area (Å²) in [5, 5.41) is 12.4. The van der Waals surface area contributed by atoms with Crippen LogP contribution in [0.15, 0.2) is 84.8 Å². The van der Waals surface area contributed by atoms with E-state index >= 15 is 0 Å². The second-order valence-electron chi connectivity index (χ2n) is 6.94. The summed E-state index contributed by atoms with van der Waals surface area (Å²) in [7, 11) is 2.08. The zero-order chi connectivity index (χ0) is 21.3. The molecule has 3 rings (SSSR count). The van der Waals surface area contributed by atoms with Crippen molar-refractivity contribution in [1.82, 2.24) is 19.8 Å². The Morgan fingerprint density at radius 3 is 2.90 bits per heavy atom. The van der Waals surface area contributed by atoms with Crippen LogP contribution in [0.2, 0.25) is 0 Å². The van der Waals surface area contributed by atoms with Gasteiger partial charge in [-0.05, 0) is 44.3 Å². The maximum Gasteiger partial charge on any atom is 0.131 e. The number of allylic oxidation sites excluding steroid dienone is 1. The van der Waals surface area contributed by atoms with Crippen molar-refractivity contribution in [2.45, 2.75) is 6.42 Å². The van der Waals surface area contributed by atoms with Gasteiger partial charge < -0.3 is 15.1 Å². The van der Waals surface area contributed by atoms with Gasteiger partial charge >= 0.3 is 0 Å². The molecule has 0 atom stereocenters. The summed E-state index contributed by atoms with van der Waals surface area (Å²) in [6, 6.07) is 9.56. The predicted octanol–water partition coefficient (Wildman–Crippen LogP) is 3.39. The van der Waals surface area contributed by atoms with Crippen LogP contribution in [0, 0.1) is 11.3 Å². The summed E-state index contributed by atoms with van der Waals surface area (Å²) in [4.78, 5) is 17.4. The molecule has 2 aromatic heterocycles. The van der Waals surface area contributed by atoms with Crippen LogP contribution in [0.25, 0.3) is 0 Å². The lowest BCUT2D eigenvalue weighted by Gasteiger charge is -2.27. The van der Waals surface area contributed by atoms with Crippen molar-refractivity contribution in [2.75, 3.05) is 32.0 Å². The second kappa shape index (κ2) is 10.1. The van der Waals surface area contributed by atoms with Crippen molar-refractivity contribution in [3.8, 4) is 6.07 Å². The normalized spacial score (nSPS) is 16.7. The summed E-state index contributed by atoms with van der Waals surface area (Å²) < 4.78 is 0. The van der Waals surface area contributed by atoms with Crippen molar-refractivity contribution in [2.24, 2.45) is 4.99 Å². The summed E-state index contributed by atoms with van der Waals surface area (Å²) in [5.41, 5.74) is 1.94. The van der Waals surface area contributed by atoms with Crippen LogP contribution in [0.3, 0.4) is 0 Å². The Balaban J connectivity index is 1.92. The summed E-state index contributed by atoms with van der Waals surface area (Å²) in [6.45, 7) is 10.8. The molecule has 0 bridgehead atoms. The van der Waals surface area contributed by atoms with Crippen molar-refractivity contribution in [1.29, 1.82) is 5.26 Å². The molecule has 0 radical (unpaired) electrons. The summed E-state index contributed by atoms with van der Waals surface area (Å²) >= 11 is 0. The average Bonchev–Trinajstić information content (AvgIpc) is 2.79. The summed E-state index contributed by atoms with van der Waals surface area (Å²) in [5.74, 6) is 1.91. The number of likely N-dealkylation sites (N-methyl/N-ethyl adjacent to an activating group) is 1. The Morgan fingerprint density at radius 1 is 1.27 bits per heavy atom. The highest BCUT2D eigenvalue weighted by Crippen LogP contribution is 2.17. The molecule has 0 aliphatic carbocycles.